The number of aliphatic hydroxyl groups excluding tert-OH is 2. The first-order chi connectivity index (χ1) is 18.2. The number of methoxy groups -OCH3 is 1. The summed E-state index contributed by atoms with van der Waals surface area (Å²) in [7, 11) is 1.67. The second-order valence-corrected chi connectivity index (χ2v) is 13.9. The Bertz CT molecular complexity index is 964. The van der Waals surface area contributed by atoms with Crippen LogP contribution in [0.15, 0.2) is 24.3 Å². The van der Waals surface area contributed by atoms with Gasteiger partial charge in [-0.3, -0.25) is 4.79 Å². The Kier molecular flexibility index (Phi) is 8.18. The SMILES string of the molecule is COc1ccc(CCNC(=O)CCC(C)C2CCC3C4C(O)CC5CC(O)CCC5(C)C4CCC23C)cc1. The zero-order valence-electron chi connectivity index (χ0n) is 24.1. The summed E-state index contributed by atoms with van der Waals surface area (Å²) in [4.78, 5) is 12.7. The van der Waals surface area contributed by atoms with E-state index in [1.165, 1.54) is 31.2 Å². The molecule has 212 valence electrons. The van der Waals surface area contributed by atoms with E-state index < -0.39 is 0 Å². The van der Waals surface area contributed by atoms with Gasteiger partial charge in [-0.25, -0.2) is 0 Å². The summed E-state index contributed by atoms with van der Waals surface area (Å²) in [5.41, 5.74) is 1.75. The second-order valence-electron chi connectivity index (χ2n) is 13.9. The molecule has 0 saturated heterocycles. The van der Waals surface area contributed by atoms with Crippen LogP contribution >= 0.6 is 0 Å². The molecule has 4 saturated carbocycles. The highest BCUT2D eigenvalue weighted by molar-refractivity contribution is 5.75. The number of carbonyl (C=O) groups excluding carboxylic acids is 1. The molecule has 0 aromatic heterocycles. The van der Waals surface area contributed by atoms with E-state index in [0.717, 1.165) is 44.3 Å². The molecule has 0 heterocycles. The van der Waals surface area contributed by atoms with Crippen LogP contribution in [0.3, 0.4) is 0 Å². The van der Waals surface area contributed by atoms with Crippen molar-refractivity contribution in [2.24, 2.45) is 46.3 Å². The maximum Gasteiger partial charge on any atom is 0.220 e. The van der Waals surface area contributed by atoms with Crippen molar-refractivity contribution in [2.45, 2.75) is 104 Å². The number of fused-ring (bicyclic) bond motifs is 5. The lowest BCUT2D eigenvalue weighted by Gasteiger charge is -2.62. The molecule has 5 rings (SSSR count). The quantitative estimate of drug-likeness (QED) is 0.403. The highest BCUT2D eigenvalue weighted by Crippen LogP contribution is 2.68. The van der Waals surface area contributed by atoms with Crippen molar-refractivity contribution in [1.82, 2.24) is 5.32 Å². The van der Waals surface area contributed by atoms with E-state index in [-0.39, 0.29) is 28.9 Å². The van der Waals surface area contributed by atoms with Gasteiger partial charge < -0.3 is 20.3 Å². The molecule has 1 aromatic rings. The van der Waals surface area contributed by atoms with Crippen LogP contribution in [0, 0.1) is 46.3 Å². The number of carbonyl (C=O) groups is 1. The number of ether oxygens (including phenoxy) is 1. The van der Waals surface area contributed by atoms with E-state index in [0.29, 0.717) is 48.5 Å². The van der Waals surface area contributed by atoms with Crippen LogP contribution in [0.25, 0.3) is 0 Å². The zero-order valence-corrected chi connectivity index (χ0v) is 24.1. The molecular formula is C33H51NO4. The van der Waals surface area contributed by atoms with E-state index in [4.69, 9.17) is 4.74 Å². The predicted molar refractivity (Wildman–Crippen MR) is 151 cm³/mol. The van der Waals surface area contributed by atoms with Crippen molar-refractivity contribution in [2.75, 3.05) is 13.7 Å². The fraction of sp³-hybridized carbons (Fsp3) is 0.788. The topological polar surface area (TPSA) is 78.8 Å². The average molecular weight is 526 g/mol. The van der Waals surface area contributed by atoms with Gasteiger partial charge in [-0.1, -0.05) is 32.9 Å². The average Bonchev–Trinajstić information content (AvgIpc) is 3.26. The molecule has 0 radical (unpaired) electrons. The minimum atomic E-state index is -0.224. The number of nitrogens with one attached hydrogen (secondary N) is 1. The standard InChI is InChI=1S/C33H51NO4/c1-21(5-12-30(37)34-18-15-22-6-8-25(38-4)9-7-22)26-10-11-27-31-28(14-17-33(26,27)3)32(2)16-13-24(35)19-23(32)20-29(31)36/h6-9,21,23-24,26-29,31,35-36H,5,10-20H2,1-4H3,(H,34,37). The Balaban J connectivity index is 1.14. The number of amides is 1. The largest absolute Gasteiger partial charge is 0.497 e. The van der Waals surface area contributed by atoms with Crippen molar-refractivity contribution < 1.29 is 19.7 Å². The van der Waals surface area contributed by atoms with E-state index in [1.807, 2.05) is 12.1 Å². The van der Waals surface area contributed by atoms with Gasteiger partial charge in [-0.05, 0) is 128 Å². The van der Waals surface area contributed by atoms with Gasteiger partial charge in [0.1, 0.15) is 5.75 Å². The van der Waals surface area contributed by atoms with Crippen molar-refractivity contribution in [3.63, 3.8) is 0 Å². The monoisotopic (exact) mass is 525 g/mol. The van der Waals surface area contributed by atoms with E-state index >= 15 is 0 Å². The van der Waals surface area contributed by atoms with Gasteiger partial charge in [0, 0.05) is 13.0 Å². The van der Waals surface area contributed by atoms with Crippen molar-refractivity contribution in [3.8, 4) is 5.75 Å². The normalized spacial score (nSPS) is 40.9. The smallest absolute Gasteiger partial charge is 0.220 e. The third kappa shape index (κ3) is 5.14. The summed E-state index contributed by atoms with van der Waals surface area (Å²) in [5, 5.41) is 24.9. The summed E-state index contributed by atoms with van der Waals surface area (Å²) in [6.45, 7) is 8.04. The summed E-state index contributed by atoms with van der Waals surface area (Å²) in [5.74, 6) is 4.21. The van der Waals surface area contributed by atoms with E-state index in [9.17, 15) is 15.0 Å². The molecule has 38 heavy (non-hydrogen) atoms. The third-order valence-corrected chi connectivity index (χ3v) is 12.1. The Hall–Kier alpha value is -1.59. The lowest BCUT2D eigenvalue weighted by Crippen LogP contribution is -2.58. The van der Waals surface area contributed by atoms with Crippen molar-refractivity contribution >= 4 is 5.91 Å². The second kappa shape index (κ2) is 11.1. The minimum Gasteiger partial charge on any atom is -0.497 e. The maximum absolute atomic E-state index is 12.7. The lowest BCUT2D eigenvalue weighted by atomic mass is 9.43. The Morgan fingerprint density at radius 3 is 2.47 bits per heavy atom. The summed E-state index contributed by atoms with van der Waals surface area (Å²) in [6, 6.07) is 8.04. The highest BCUT2D eigenvalue weighted by Gasteiger charge is 2.62. The molecule has 4 aliphatic carbocycles. The molecule has 5 nitrogen and oxygen atoms in total. The Labute approximate surface area is 230 Å². The van der Waals surface area contributed by atoms with Crippen LogP contribution in [0.5, 0.6) is 5.75 Å². The van der Waals surface area contributed by atoms with E-state index in [2.05, 4.69) is 38.2 Å². The first-order valence-electron chi connectivity index (χ1n) is 15.4. The fourth-order valence-corrected chi connectivity index (χ4v) is 9.96. The van der Waals surface area contributed by atoms with Gasteiger partial charge >= 0.3 is 0 Å². The number of hydrogen-bond acceptors (Lipinski definition) is 4. The summed E-state index contributed by atoms with van der Waals surface area (Å²) in [6.07, 6.45) is 10.7. The molecule has 10 atom stereocenters. The number of benzene rings is 1. The minimum absolute atomic E-state index is 0.162. The Morgan fingerprint density at radius 2 is 1.74 bits per heavy atom. The van der Waals surface area contributed by atoms with Gasteiger partial charge in [0.05, 0.1) is 19.3 Å². The van der Waals surface area contributed by atoms with Crippen LogP contribution in [-0.2, 0) is 11.2 Å². The van der Waals surface area contributed by atoms with Crippen LogP contribution in [0.2, 0.25) is 0 Å². The van der Waals surface area contributed by atoms with Gasteiger partial charge in [0.15, 0.2) is 0 Å². The maximum atomic E-state index is 12.7. The number of hydrogen-bond donors (Lipinski definition) is 3. The van der Waals surface area contributed by atoms with Crippen LogP contribution in [0.1, 0.15) is 90.5 Å². The molecular weight excluding hydrogens is 474 g/mol. The first-order valence-corrected chi connectivity index (χ1v) is 15.4. The van der Waals surface area contributed by atoms with Gasteiger partial charge in [-0.15, -0.1) is 0 Å². The number of aliphatic hydroxyl groups is 2. The Morgan fingerprint density at radius 1 is 1.03 bits per heavy atom. The summed E-state index contributed by atoms with van der Waals surface area (Å²) >= 11 is 0. The molecule has 0 bridgehead atoms. The molecule has 4 fully saturated rings. The molecule has 10 unspecified atom stereocenters. The fourth-order valence-electron chi connectivity index (χ4n) is 9.96. The predicted octanol–water partition coefficient (Wildman–Crippen LogP) is 5.76. The lowest BCUT2D eigenvalue weighted by molar-refractivity contribution is -0.174. The molecule has 0 spiro atoms. The van der Waals surface area contributed by atoms with Crippen LogP contribution in [0.4, 0.5) is 0 Å². The first kappa shape index (κ1) is 28.0. The molecule has 5 heteroatoms. The van der Waals surface area contributed by atoms with Crippen LogP contribution in [-0.4, -0.2) is 42.0 Å². The van der Waals surface area contributed by atoms with Crippen molar-refractivity contribution in [3.05, 3.63) is 29.8 Å². The molecule has 4 aliphatic rings. The van der Waals surface area contributed by atoms with Crippen molar-refractivity contribution in [1.29, 1.82) is 0 Å². The zero-order chi connectivity index (χ0) is 27.1. The third-order valence-electron chi connectivity index (χ3n) is 12.1. The van der Waals surface area contributed by atoms with Gasteiger partial charge in [0.2, 0.25) is 5.91 Å². The summed E-state index contributed by atoms with van der Waals surface area (Å²) < 4.78 is 5.22. The van der Waals surface area contributed by atoms with Gasteiger partial charge in [0.25, 0.3) is 0 Å². The molecule has 1 aromatic carbocycles. The van der Waals surface area contributed by atoms with E-state index in [1.54, 1.807) is 7.11 Å². The van der Waals surface area contributed by atoms with Gasteiger partial charge in [-0.2, -0.15) is 0 Å². The highest BCUT2D eigenvalue weighted by atomic mass is 16.5. The van der Waals surface area contributed by atoms with Crippen LogP contribution < -0.4 is 10.1 Å². The molecule has 0 aliphatic heterocycles. The number of rotatable bonds is 8. The molecule has 3 N–H and O–H groups in total. The molecule has 1 amide bonds.